The second kappa shape index (κ2) is 5.24. The molecule has 4 heteroatoms. The predicted octanol–water partition coefficient (Wildman–Crippen LogP) is 0.531. The molecule has 1 aromatic rings. The second-order valence-electron chi connectivity index (χ2n) is 2.91. The first-order valence-corrected chi connectivity index (χ1v) is 4.35. The van der Waals surface area contributed by atoms with Gasteiger partial charge in [0, 0.05) is 12.7 Å². The lowest BCUT2D eigenvalue weighted by Crippen LogP contribution is -2.23. The molecule has 0 radical (unpaired) electrons. The average molecular weight is 194 g/mol. The first kappa shape index (κ1) is 10.5. The molecule has 0 aliphatic heterocycles. The Kier molecular flexibility index (Phi) is 3.94. The van der Waals surface area contributed by atoms with Crippen molar-refractivity contribution in [1.29, 1.82) is 0 Å². The molecule has 14 heavy (non-hydrogen) atoms. The first-order chi connectivity index (χ1) is 6.72. The molecule has 0 fully saturated rings. The molecular weight excluding hydrogens is 180 g/mol. The summed E-state index contributed by atoms with van der Waals surface area (Å²) in [5, 5.41) is 2.47. The molecule has 0 bridgehead atoms. The number of benzene rings is 1. The quantitative estimate of drug-likeness (QED) is 0.687. The highest BCUT2D eigenvalue weighted by molar-refractivity contribution is 5.76. The van der Waals surface area contributed by atoms with Gasteiger partial charge in [-0.1, -0.05) is 12.1 Å². The van der Waals surface area contributed by atoms with E-state index in [9.17, 15) is 4.79 Å². The molecule has 3 N–H and O–H groups in total. The maximum Gasteiger partial charge on any atom is 0.245 e. The second-order valence-corrected chi connectivity index (χ2v) is 2.91. The topological polar surface area (TPSA) is 64.3 Å². The lowest BCUT2D eigenvalue weighted by molar-refractivity contribution is -0.125. The van der Waals surface area contributed by atoms with E-state index in [4.69, 9.17) is 10.5 Å². The molecule has 0 aromatic heterocycles. The first-order valence-electron chi connectivity index (χ1n) is 4.35. The fourth-order valence-electron chi connectivity index (χ4n) is 1.02. The Morgan fingerprint density at radius 2 is 2.36 bits per heavy atom. The van der Waals surface area contributed by atoms with Crippen molar-refractivity contribution >= 4 is 11.6 Å². The van der Waals surface area contributed by atoms with Gasteiger partial charge in [0.15, 0.2) is 0 Å². The van der Waals surface area contributed by atoms with E-state index in [-0.39, 0.29) is 12.5 Å². The van der Waals surface area contributed by atoms with Gasteiger partial charge < -0.3 is 15.8 Å². The molecule has 1 amide bonds. The summed E-state index contributed by atoms with van der Waals surface area (Å²) < 4.78 is 5.16. The minimum absolute atomic E-state index is 0.0747. The van der Waals surface area contributed by atoms with Gasteiger partial charge >= 0.3 is 0 Å². The van der Waals surface area contributed by atoms with Gasteiger partial charge in [-0.3, -0.25) is 4.79 Å². The number of rotatable bonds is 4. The number of ether oxygens (including phenoxy) is 1. The zero-order valence-electron chi connectivity index (χ0n) is 8.12. The van der Waals surface area contributed by atoms with E-state index in [1.807, 2.05) is 24.3 Å². The van der Waals surface area contributed by atoms with Crippen molar-refractivity contribution in [3.8, 4) is 0 Å². The van der Waals surface area contributed by atoms with E-state index in [0.717, 1.165) is 5.56 Å². The van der Waals surface area contributed by atoms with Crippen LogP contribution in [0.25, 0.3) is 0 Å². The molecule has 0 atom stereocenters. The molecule has 1 aromatic carbocycles. The summed E-state index contributed by atoms with van der Waals surface area (Å²) in [6.07, 6.45) is 0. The van der Waals surface area contributed by atoms with E-state index in [1.54, 1.807) is 7.05 Å². The Hall–Kier alpha value is -1.55. The highest BCUT2D eigenvalue weighted by Crippen LogP contribution is 2.07. The maximum atomic E-state index is 10.8. The number of carbonyl (C=O) groups excluding carboxylic acids is 1. The smallest absolute Gasteiger partial charge is 0.245 e. The Morgan fingerprint density at radius 1 is 1.57 bits per heavy atom. The molecule has 0 spiro atoms. The van der Waals surface area contributed by atoms with Crippen LogP contribution in [0.5, 0.6) is 0 Å². The standard InChI is InChI=1S/C10H14N2O2/c1-12-10(13)7-14-6-8-3-2-4-9(11)5-8/h2-5H,6-7,11H2,1H3,(H,12,13). The fourth-order valence-corrected chi connectivity index (χ4v) is 1.02. The normalized spacial score (nSPS) is 9.79. The number of carbonyl (C=O) groups is 1. The summed E-state index contributed by atoms with van der Waals surface area (Å²) in [5.74, 6) is -0.131. The van der Waals surface area contributed by atoms with Gasteiger partial charge in [0.05, 0.1) is 6.61 Å². The molecule has 0 saturated carbocycles. The largest absolute Gasteiger partial charge is 0.399 e. The Morgan fingerprint density at radius 3 is 3.00 bits per heavy atom. The predicted molar refractivity (Wildman–Crippen MR) is 54.6 cm³/mol. The zero-order chi connectivity index (χ0) is 10.4. The molecule has 1 rings (SSSR count). The minimum atomic E-state index is -0.131. The summed E-state index contributed by atoms with van der Waals surface area (Å²) in [5.41, 5.74) is 7.25. The number of amides is 1. The van der Waals surface area contributed by atoms with Crippen LogP contribution in [0.15, 0.2) is 24.3 Å². The van der Waals surface area contributed by atoms with Crippen LogP contribution < -0.4 is 11.1 Å². The van der Waals surface area contributed by atoms with Crippen LogP contribution >= 0.6 is 0 Å². The minimum Gasteiger partial charge on any atom is -0.399 e. The SMILES string of the molecule is CNC(=O)COCc1cccc(N)c1. The Bertz CT molecular complexity index is 313. The fraction of sp³-hybridized carbons (Fsp3) is 0.300. The number of likely N-dealkylation sites (N-methyl/N-ethyl adjacent to an activating group) is 1. The van der Waals surface area contributed by atoms with E-state index in [0.29, 0.717) is 12.3 Å². The molecule has 0 saturated heterocycles. The van der Waals surface area contributed by atoms with Gasteiger partial charge in [-0.05, 0) is 17.7 Å². The van der Waals surface area contributed by atoms with Gasteiger partial charge in [0.25, 0.3) is 0 Å². The van der Waals surface area contributed by atoms with E-state index in [1.165, 1.54) is 0 Å². The third-order valence-electron chi connectivity index (χ3n) is 1.73. The van der Waals surface area contributed by atoms with Crippen molar-refractivity contribution in [1.82, 2.24) is 5.32 Å². The van der Waals surface area contributed by atoms with Crippen molar-refractivity contribution in [2.45, 2.75) is 6.61 Å². The van der Waals surface area contributed by atoms with E-state index in [2.05, 4.69) is 5.32 Å². The number of nitrogens with one attached hydrogen (secondary N) is 1. The summed E-state index contributed by atoms with van der Waals surface area (Å²) in [6.45, 7) is 0.476. The zero-order valence-corrected chi connectivity index (χ0v) is 8.12. The van der Waals surface area contributed by atoms with Crippen molar-refractivity contribution in [3.05, 3.63) is 29.8 Å². The molecule has 0 aliphatic carbocycles. The number of hydrogen-bond acceptors (Lipinski definition) is 3. The summed E-state index contributed by atoms with van der Waals surface area (Å²) >= 11 is 0. The third kappa shape index (κ3) is 3.45. The summed E-state index contributed by atoms with van der Waals surface area (Å²) in [7, 11) is 1.58. The molecular formula is C10H14N2O2. The van der Waals surface area contributed by atoms with Gasteiger partial charge in [0.2, 0.25) is 5.91 Å². The van der Waals surface area contributed by atoms with Crippen molar-refractivity contribution in [2.75, 3.05) is 19.4 Å². The average Bonchev–Trinajstić information content (AvgIpc) is 2.17. The number of hydrogen-bond donors (Lipinski definition) is 2. The van der Waals surface area contributed by atoms with Crippen LogP contribution in [-0.4, -0.2) is 19.6 Å². The van der Waals surface area contributed by atoms with Crippen molar-refractivity contribution in [3.63, 3.8) is 0 Å². The van der Waals surface area contributed by atoms with Gasteiger partial charge in [-0.2, -0.15) is 0 Å². The van der Waals surface area contributed by atoms with Crippen LogP contribution in [0.4, 0.5) is 5.69 Å². The van der Waals surface area contributed by atoms with Crippen molar-refractivity contribution in [2.24, 2.45) is 0 Å². The lowest BCUT2D eigenvalue weighted by Gasteiger charge is -2.03. The van der Waals surface area contributed by atoms with Gasteiger partial charge in [-0.15, -0.1) is 0 Å². The van der Waals surface area contributed by atoms with Crippen LogP contribution in [0.1, 0.15) is 5.56 Å². The molecule has 4 nitrogen and oxygen atoms in total. The third-order valence-corrected chi connectivity index (χ3v) is 1.73. The lowest BCUT2D eigenvalue weighted by atomic mass is 10.2. The molecule has 0 unspecified atom stereocenters. The van der Waals surface area contributed by atoms with E-state index < -0.39 is 0 Å². The van der Waals surface area contributed by atoms with Gasteiger partial charge in [0.1, 0.15) is 6.61 Å². The van der Waals surface area contributed by atoms with Gasteiger partial charge in [-0.25, -0.2) is 0 Å². The summed E-state index contributed by atoms with van der Waals surface area (Å²) in [4.78, 5) is 10.8. The van der Waals surface area contributed by atoms with Crippen LogP contribution in [0, 0.1) is 0 Å². The molecule has 0 heterocycles. The number of nitrogens with two attached hydrogens (primary N) is 1. The molecule has 76 valence electrons. The Balaban J connectivity index is 2.35. The van der Waals surface area contributed by atoms with E-state index >= 15 is 0 Å². The molecule has 0 aliphatic rings. The number of nitrogen functional groups attached to an aromatic ring is 1. The summed E-state index contributed by atoms with van der Waals surface area (Å²) in [6, 6.07) is 7.39. The Labute approximate surface area is 83.1 Å². The van der Waals surface area contributed by atoms with Crippen molar-refractivity contribution < 1.29 is 9.53 Å². The van der Waals surface area contributed by atoms with Crippen LogP contribution in [-0.2, 0) is 16.1 Å². The monoisotopic (exact) mass is 194 g/mol. The van der Waals surface area contributed by atoms with Crippen LogP contribution in [0.2, 0.25) is 0 Å². The maximum absolute atomic E-state index is 10.8. The highest BCUT2D eigenvalue weighted by atomic mass is 16.5. The highest BCUT2D eigenvalue weighted by Gasteiger charge is 1.98. The van der Waals surface area contributed by atoms with Crippen LogP contribution in [0.3, 0.4) is 0 Å². The number of anilines is 1.